The van der Waals surface area contributed by atoms with Gasteiger partial charge in [0.1, 0.15) is 5.69 Å². The normalized spacial score (nSPS) is 12.5. The first-order valence-electron chi connectivity index (χ1n) is 3.97. The zero-order valence-electron chi connectivity index (χ0n) is 7.30. The Hall–Kier alpha value is -1.00. The van der Waals surface area contributed by atoms with E-state index < -0.39 is 0 Å². The first-order chi connectivity index (χ1) is 6.09. The maximum absolute atomic E-state index is 11.3. The Labute approximate surface area is 81.5 Å². The van der Waals surface area contributed by atoms with Crippen LogP contribution in [0.1, 0.15) is 17.4 Å². The van der Waals surface area contributed by atoms with E-state index in [1.807, 2.05) is 6.92 Å². The Morgan fingerprint density at radius 2 is 2.54 bits per heavy atom. The molecule has 1 aromatic heterocycles. The number of nitrogens with two attached hydrogens (primary N) is 1. The number of nitrogens with one attached hydrogen (secondary N) is 2. The SMILES string of the molecule is CC(N)CNC(=O)c1cc(Cl)c[nH]1. The maximum Gasteiger partial charge on any atom is 0.267 e. The van der Waals surface area contributed by atoms with Crippen LogP contribution >= 0.6 is 11.6 Å². The largest absolute Gasteiger partial charge is 0.356 e. The van der Waals surface area contributed by atoms with Crippen molar-refractivity contribution < 1.29 is 4.79 Å². The van der Waals surface area contributed by atoms with Gasteiger partial charge in [0.25, 0.3) is 5.91 Å². The van der Waals surface area contributed by atoms with Crippen LogP contribution in [0.5, 0.6) is 0 Å². The highest BCUT2D eigenvalue weighted by molar-refractivity contribution is 6.30. The average Bonchev–Trinajstić information content (AvgIpc) is 2.47. The standard InChI is InChI=1S/C8H12ClN3O/c1-5(10)3-12-8(13)7-2-6(9)4-11-7/h2,4-5,11H,3,10H2,1H3,(H,12,13). The topological polar surface area (TPSA) is 70.9 Å². The van der Waals surface area contributed by atoms with Gasteiger partial charge in [-0.25, -0.2) is 0 Å². The Bertz CT molecular complexity index is 295. The number of aromatic amines is 1. The summed E-state index contributed by atoms with van der Waals surface area (Å²) in [5, 5.41) is 3.18. The average molecular weight is 202 g/mol. The van der Waals surface area contributed by atoms with Gasteiger partial charge in [-0.05, 0) is 13.0 Å². The molecule has 0 aliphatic heterocycles. The third-order valence-corrected chi connectivity index (χ3v) is 1.70. The smallest absolute Gasteiger partial charge is 0.267 e. The number of H-pyrrole nitrogens is 1. The van der Waals surface area contributed by atoms with Crippen molar-refractivity contribution in [2.24, 2.45) is 5.73 Å². The molecule has 1 unspecified atom stereocenters. The zero-order valence-corrected chi connectivity index (χ0v) is 8.06. The van der Waals surface area contributed by atoms with Gasteiger partial charge in [0, 0.05) is 18.8 Å². The summed E-state index contributed by atoms with van der Waals surface area (Å²) in [5.41, 5.74) is 5.92. The van der Waals surface area contributed by atoms with Crippen molar-refractivity contribution in [1.82, 2.24) is 10.3 Å². The molecule has 1 heterocycles. The van der Waals surface area contributed by atoms with Gasteiger partial charge in [0.2, 0.25) is 0 Å². The summed E-state index contributed by atoms with van der Waals surface area (Å²) in [6.07, 6.45) is 1.56. The second kappa shape index (κ2) is 4.30. The fourth-order valence-electron chi connectivity index (χ4n) is 0.848. The second-order valence-electron chi connectivity index (χ2n) is 2.92. The molecule has 0 saturated heterocycles. The molecule has 1 aromatic rings. The van der Waals surface area contributed by atoms with E-state index in [1.165, 1.54) is 0 Å². The van der Waals surface area contributed by atoms with Crippen molar-refractivity contribution >= 4 is 17.5 Å². The Morgan fingerprint density at radius 3 is 3.00 bits per heavy atom. The molecule has 13 heavy (non-hydrogen) atoms. The van der Waals surface area contributed by atoms with Gasteiger partial charge in [0.15, 0.2) is 0 Å². The first kappa shape index (κ1) is 10.1. The summed E-state index contributed by atoms with van der Waals surface area (Å²) >= 11 is 5.63. The Kier molecular flexibility index (Phi) is 3.33. The molecule has 0 bridgehead atoms. The van der Waals surface area contributed by atoms with Crippen molar-refractivity contribution in [3.8, 4) is 0 Å². The third-order valence-electron chi connectivity index (χ3n) is 1.48. The van der Waals surface area contributed by atoms with Crippen molar-refractivity contribution in [3.05, 3.63) is 23.0 Å². The molecule has 4 nitrogen and oxygen atoms in total. The number of hydrogen-bond acceptors (Lipinski definition) is 2. The molecule has 0 radical (unpaired) electrons. The molecule has 1 rings (SSSR count). The van der Waals surface area contributed by atoms with E-state index in [1.54, 1.807) is 12.3 Å². The van der Waals surface area contributed by atoms with E-state index in [0.29, 0.717) is 17.3 Å². The minimum absolute atomic E-state index is 0.0469. The van der Waals surface area contributed by atoms with Gasteiger partial charge in [-0.2, -0.15) is 0 Å². The van der Waals surface area contributed by atoms with Crippen molar-refractivity contribution in [2.45, 2.75) is 13.0 Å². The predicted octanol–water partition coefficient (Wildman–Crippen LogP) is 0.745. The number of rotatable bonds is 3. The number of hydrogen-bond donors (Lipinski definition) is 3. The number of amides is 1. The van der Waals surface area contributed by atoms with Gasteiger partial charge < -0.3 is 16.0 Å². The minimum atomic E-state index is -0.191. The van der Waals surface area contributed by atoms with E-state index in [4.69, 9.17) is 17.3 Å². The lowest BCUT2D eigenvalue weighted by molar-refractivity contribution is 0.0947. The molecular formula is C8H12ClN3O. The molecule has 5 heteroatoms. The molecule has 0 aromatic carbocycles. The minimum Gasteiger partial charge on any atom is -0.356 e. The van der Waals surface area contributed by atoms with Gasteiger partial charge in [-0.15, -0.1) is 0 Å². The van der Waals surface area contributed by atoms with Gasteiger partial charge in [0.05, 0.1) is 5.02 Å². The van der Waals surface area contributed by atoms with Crippen LogP contribution in [0.3, 0.4) is 0 Å². The van der Waals surface area contributed by atoms with Crippen LogP contribution in [0.15, 0.2) is 12.3 Å². The van der Waals surface area contributed by atoms with Crippen LogP contribution < -0.4 is 11.1 Å². The highest BCUT2D eigenvalue weighted by atomic mass is 35.5. The van der Waals surface area contributed by atoms with Crippen LogP contribution in [0.25, 0.3) is 0 Å². The van der Waals surface area contributed by atoms with Gasteiger partial charge in [-0.3, -0.25) is 4.79 Å². The quantitative estimate of drug-likeness (QED) is 0.675. The zero-order chi connectivity index (χ0) is 9.84. The lowest BCUT2D eigenvalue weighted by Crippen LogP contribution is -2.35. The molecule has 1 amide bonds. The molecule has 0 aliphatic carbocycles. The highest BCUT2D eigenvalue weighted by Crippen LogP contribution is 2.08. The fourth-order valence-corrected chi connectivity index (χ4v) is 1.01. The maximum atomic E-state index is 11.3. The molecule has 0 saturated carbocycles. The Morgan fingerprint density at radius 1 is 1.85 bits per heavy atom. The summed E-state index contributed by atoms with van der Waals surface area (Å²) in [7, 11) is 0. The summed E-state index contributed by atoms with van der Waals surface area (Å²) in [6.45, 7) is 2.28. The van der Waals surface area contributed by atoms with Crippen LogP contribution in [0, 0.1) is 0 Å². The second-order valence-corrected chi connectivity index (χ2v) is 3.36. The summed E-state index contributed by atoms with van der Waals surface area (Å²) < 4.78 is 0. The van der Waals surface area contributed by atoms with Crippen LogP contribution in [0.4, 0.5) is 0 Å². The molecule has 0 spiro atoms. The summed E-state index contributed by atoms with van der Waals surface area (Å²) in [4.78, 5) is 14.1. The Balaban J connectivity index is 2.49. The molecule has 0 fully saturated rings. The fraction of sp³-hybridized carbons (Fsp3) is 0.375. The van der Waals surface area contributed by atoms with Crippen LogP contribution in [-0.4, -0.2) is 23.5 Å². The molecule has 4 N–H and O–H groups in total. The summed E-state index contributed by atoms with van der Waals surface area (Å²) in [5.74, 6) is -0.191. The van der Waals surface area contributed by atoms with E-state index in [9.17, 15) is 4.79 Å². The monoisotopic (exact) mass is 201 g/mol. The molecule has 0 aliphatic rings. The number of carbonyl (C=O) groups is 1. The highest BCUT2D eigenvalue weighted by Gasteiger charge is 2.07. The van der Waals surface area contributed by atoms with E-state index in [2.05, 4.69) is 10.3 Å². The van der Waals surface area contributed by atoms with Crippen molar-refractivity contribution in [1.29, 1.82) is 0 Å². The lowest BCUT2D eigenvalue weighted by atomic mass is 10.3. The van der Waals surface area contributed by atoms with E-state index in [0.717, 1.165) is 0 Å². The molecule has 72 valence electrons. The van der Waals surface area contributed by atoms with Crippen LogP contribution in [0.2, 0.25) is 5.02 Å². The predicted molar refractivity (Wildman–Crippen MR) is 51.8 cm³/mol. The van der Waals surface area contributed by atoms with Crippen molar-refractivity contribution in [2.75, 3.05) is 6.54 Å². The van der Waals surface area contributed by atoms with Crippen LogP contribution in [-0.2, 0) is 0 Å². The van der Waals surface area contributed by atoms with E-state index in [-0.39, 0.29) is 11.9 Å². The van der Waals surface area contributed by atoms with Gasteiger partial charge >= 0.3 is 0 Å². The summed E-state index contributed by atoms with van der Waals surface area (Å²) in [6, 6.07) is 1.52. The van der Waals surface area contributed by atoms with Crippen molar-refractivity contribution in [3.63, 3.8) is 0 Å². The van der Waals surface area contributed by atoms with Gasteiger partial charge in [-0.1, -0.05) is 11.6 Å². The first-order valence-corrected chi connectivity index (χ1v) is 4.35. The lowest BCUT2D eigenvalue weighted by Gasteiger charge is -2.05. The molecular weight excluding hydrogens is 190 g/mol. The number of carbonyl (C=O) groups excluding carboxylic acids is 1. The number of halogens is 1. The molecule has 1 atom stereocenters. The number of aromatic nitrogens is 1. The van der Waals surface area contributed by atoms with E-state index >= 15 is 0 Å². The third kappa shape index (κ3) is 3.08.